The van der Waals surface area contributed by atoms with Crippen molar-refractivity contribution < 1.29 is 23.9 Å². The van der Waals surface area contributed by atoms with E-state index in [-0.39, 0.29) is 22.2 Å². The number of carbonyl (C=O) groups excluding carboxylic acids is 3. The Morgan fingerprint density at radius 2 is 2.04 bits per heavy atom. The third-order valence-corrected chi connectivity index (χ3v) is 5.87. The standard InChI is InChI=1S/C15H22N2O5S2/c1-7(18)21-11(16)8-6-24-13-10(23-5)12(19)17(13)9(8)14(20)22-15(2,3)4/h10-11,13H,6,16H2,1-5H3/t10-,11?,13-/m1/s1. The summed E-state index contributed by atoms with van der Waals surface area (Å²) in [5, 5.41) is -0.331. The highest BCUT2D eigenvalue weighted by atomic mass is 32.2. The SMILES string of the molecule is CS[C@@H]1C(=O)N2C(C(=O)OC(C)(C)C)=C(C(N)OC(C)=O)CS[C@H]12. The van der Waals surface area contributed by atoms with Crippen LogP contribution in [0.3, 0.4) is 0 Å². The van der Waals surface area contributed by atoms with Crippen LogP contribution in [-0.2, 0) is 23.9 Å². The largest absolute Gasteiger partial charge is 0.455 e. The fourth-order valence-electron chi connectivity index (χ4n) is 2.48. The van der Waals surface area contributed by atoms with E-state index >= 15 is 0 Å². The van der Waals surface area contributed by atoms with Gasteiger partial charge in [0.05, 0.1) is 0 Å². The minimum Gasteiger partial charge on any atom is -0.455 e. The quantitative estimate of drug-likeness (QED) is 0.443. The molecule has 0 radical (unpaired) electrons. The van der Waals surface area contributed by atoms with Crippen molar-refractivity contribution in [3.8, 4) is 0 Å². The maximum absolute atomic E-state index is 12.7. The lowest BCUT2D eigenvalue weighted by Crippen LogP contribution is -2.64. The molecule has 2 aliphatic rings. The lowest BCUT2D eigenvalue weighted by Gasteiger charge is -2.49. The molecule has 0 spiro atoms. The predicted octanol–water partition coefficient (Wildman–Crippen LogP) is 1.08. The van der Waals surface area contributed by atoms with Crippen LogP contribution >= 0.6 is 23.5 Å². The van der Waals surface area contributed by atoms with Gasteiger partial charge in [-0.05, 0) is 27.0 Å². The second kappa shape index (κ2) is 6.97. The van der Waals surface area contributed by atoms with Crippen LogP contribution in [0.5, 0.6) is 0 Å². The summed E-state index contributed by atoms with van der Waals surface area (Å²) in [5.41, 5.74) is 5.71. The smallest absolute Gasteiger partial charge is 0.355 e. The van der Waals surface area contributed by atoms with Crippen LogP contribution in [0.4, 0.5) is 0 Å². The van der Waals surface area contributed by atoms with Crippen LogP contribution < -0.4 is 5.73 Å². The highest BCUT2D eigenvalue weighted by Gasteiger charge is 2.54. The molecule has 0 saturated carbocycles. The molecule has 1 fully saturated rings. The maximum atomic E-state index is 12.7. The van der Waals surface area contributed by atoms with Crippen LogP contribution in [0.2, 0.25) is 0 Å². The summed E-state index contributed by atoms with van der Waals surface area (Å²) in [6.07, 6.45) is 0.775. The number of rotatable bonds is 4. The van der Waals surface area contributed by atoms with Gasteiger partial charge in [0.15, 0.2) is 6.23 Å². The van der Waals surface area contributed by atoms with E-state index in [4.69, 9.17) is 15.2 Å². The second-order valence-corrected chi connectivity index (χ2v) is 8.56. The first kappa shape index (κ1) is 19.1. The molecule has 24 heavy (non-hydrogen) atoms. The first-order chi connectivity index (χ1) is 11.1. The number of β-lactam (4-membered cyclic amide) rings is 1. The molecule has 0 aromatic carbocycles. The minimum absolute atomic E-state index is 0.109. The average Bonchev–Trinajstić information content (AvgIpc) is 2.43. The Kier molecular flexibility index (Phi) is 5.56. The van der Waals surface area contributed by atoms with E-state index in [9.17, 15) is 14.4 Å². The molecule has 0 bridgehead atoms. The minimum atomic E-state index is -1.08. The van der Waals surface area contributed by atoms with Gasteiger partial charge < -0.3 is 9.47 Å². The van der Waals surface area contributed by atoms with Crippen molar-refractivity contribution in [3.05, 3.63) is 11.3 Å². The van der Waals surface area contributed by atoms with E-state index < -0.39 is 23.8 Å². The number of hydrogen-bond acceptors (Lipinski definition) is 8. The molecular weight excluding hydrogens is 352 g/mol. The van der Waals surface area contributed by atoms with Crippen LogP contribution in [0.15, 0.2) is 11.3 Å². The summed E-state index contributed by atoms with van der Waals surface area (Å²) >= 11 is 2.95. The zero-order valence-electron chi connectivity index (χ0n) is 14.3. The summed E-state index contributed by atoms with van der Waals surface area (Å²) in [7, 11) is 0. The molecule has 0 aromatic heterocycles. The van der Waals surface area contributed by atoms with E-state index in [0.29, 0.717) is 11.3 Å². The maximum Gasteiger partial charge on any atom is 0.355 e. The van der Waals surface area contributed by atoms with Gasteiger partial charge in [-0.1, -0.05) is 0 Å². The molecule has 1 amide bonds. The average molecular weight is 374 g/mol. The Morgan fingerprint density at radius 1 is 1.42 bits per heavy atom. The van der Waals surface area contributed by atoms with Crippen LogP contribution in [-0.4, -0.2) is 57.2 Å². The van der Waals surface area contributed by atoms with Crippen molar-refractivity contribution in [2.24, 2.45) is 5.73 Å². The molecule has 2 aliphatic heterocycles. The second-order valence-electron chi connectivity index (χ2n) is 6.47. The normalized spacial score (nSPS) is 24.9. The first-order valence-corrected chi connectivity index (χ1v) is 9.77. The summed E-state index contributed by atoms with van der Waals surface area (Å²) in [6.45, 7) is 6.48. The van der Waals surface area contributed by atoms with Crippen molar-refractivity contribution in [2.75, 3.05) is 12.0 Å². The summed E-state index contributed by atoms with van der Waals surface area (Å²) in [5.74, 6) is -0.942. The van der Waals surface area contributed by atoms with Gasteiger partial charge in [-0.25, -0.2) is 4.79 Å². The fraction of sp³-hybridized carbons (Fsp3) is 0.667. The van der Waals surface area contributed by atoms with Crippen molar-refractivity contribution in [1.82, 2.24) is 4.90 Å². The number of esters is 2. The number of hydrogen-bond donors (Lipinski definition) is 1. The van der Waals surface area contributed by atoms with Crippen molar-refractivity contribution in [2.45, 2.75) is 50.1 Å². The number of nitrogens with zero attached hydrogens (tertiary/aromatic N) is 1. The molecule has 2 N–H and O–H groups in total. The van der Waals surface area contributed by atoms with Crippen LogP contribution in [0.1, 0.15) is 27.7 Å². The fourth-order valence-corrected chi connectivity index (χ4v) is 5.01. The predicted molar refractivity (Wildman–Crippen MR) is 93.0 cm³/mol. The molecule has 7 nitrogen and oxygen atoms in total. The van der Waals surface area contributed by atoms with Crippen molar-refractivity contribution in [1.29, 1.82) is 0 Å². The number of carbonyl (C=O) groups is 3. The summed E-state index contributed by atoms with van der Waals surface area (Å²) in [4.78, 5) is 37.7. The van der Waals surface area contributed by atoms with Crippen molar-refractivity contribution >= 4 is 41.4 Å². The Morgan fingerprint density at radius 3 is 2.54 bits per heavy atom. The van der Waals surface area contributed by atoms with Gasteiger partial charge in [-0.2, -0.15) is 0 Å². The zero-order chi connectivity index (χ0) is 18.2. The van der Waals surface area contributed by atoms with Gasteiger partial charge >= 0.3 is 11.9 Å². The molecular formula is C15H22N2O5S2. The molecule has 9 heteroatoms. The summed E-state index contributed by atoms with van der Waals surface area (Å²) < 4.78 is 10.4. The van der Waals surface area contributed by atoms with Gasteiger partial charge in [0.2, 0.25) is 5.91 Å². The molecule has 1 unspecified atom stereocenters. The molecule has 2 heterocycles. The Bertz CT molecular complexity index is 599. The Hall–Kier alpha value is -1.19. The lowest BCUT2D eigenvalue weighted by molar-refractivity contribution is -0.157. The van der Waals surface area contributed by atoms with E-state index in [1.54, 1.807) is 20.8 Å². The van der Waals surface area contributed by atoms with Crippen molar-refractivity contribution in [3.63, 3.8) is 0 Å². The van der Waals surface area contributed by atoms with Crippen LogP contribution in [0.25, 0.3) is 0 Å². The third kappa shape index (κ3) is 3.73. The number of fused-ring (bicyclic) bond motifs is 1. The Balaban J connectivity index is 2.39. The number of amides is 1. The Labute approximate surface area is 149 Å². The molecule has 1 saturated heterocycles. The van der Waals surface area contributed by atoms with Gasteiger partial charge in [0.1, 0.15) is 21.9 Å². The van der Waals surface area contributed by atoms with Gasteiger partial charge in [-0.15, -0.1) is 23.5 Å². The van der Waals surface area contributed by atoms with E-state index in [2.05, 4.69) is 0 Å². The molecule has 2 rings (SSSR count). The van der Waals surface area contributed by atoms with Gasteiger partial charge in [0, 0.05) is 18.2 Å². The molecule has 134 valence electrons. The number of ether oxygens (including phenoxy) is 2. The third-order valence-electron chi connectivity index (χ3n) is 3.43. The van der Waals surface area contributed by atoms with E-state index in [1.165, 1.54) is 35.3 Å². The zero-order valence-corrected chi connectivity index (χ0v) is 16.0. The van der Waals surface area contributed by atoms with Gasteiger partial charge in [0.25, 0.3) is 0 Å². The highest BCUT2D eigenvalue weighted by Crippen LogP contribution is 2.45. The number of thioether (sulfide) groups is 2. The van der Waals surface area contributed by atoms with Gasteiger partial charge in [-0.3, -0.25) is 20.2 Å². The molecule has 0 aliphatic carbocycles. The first-order valence-electron chi connectivity index (χ1n) is 7.43. The monoisotopic (exact) mass is 374 g/mol. The van der Waals surface area contributed by atoms with E-state index in [0.717, 1.165) is 0 Å². The topological polar surface area (TPSA) is 98.9 Å². The van der Waals surface area contributed by atoms with Crippen LogP contribution in [0, 0.1) is 0 Å². The number of nitrogens with two attached hydrogens (primary N) is 1. The molecule has 0 aromatic rings. The lowest BCUT2D eigenvalue weighted by atomic mass is 10.1. The molecule has 3 atom stereocenters. The highest BCUT2D eigenvalue weighted by molar-refractivity contribution is 8.04. The summed E-state index contributed by atoms with van der Waals surface area (Å²) in [6, 6.07) is 0. The van der Waals surface area contributed by atoms with E-state index in [1.807, 2.05) is 6.26 Å².